The average Bonchev–Trinajstić information content (AvgIpc) is 2.62. The number of benzene rings is 1. The van der Waals surface area contributed by atoms with Crippen molar-refractivity contribution in [2.24, 2.45) is 0 Å². The molecule has 4 heteroatoms. The molecule has 1 heterocycles. The summed E-state index contributed by atoms with van der Waals surface area (Å²) in [7, 11) is 0. The molecule has 0 radical (unpaired) electrons. The van der Waals surface area contributed by atoms with Crippen LogP contribution in [0.2, 0.25) is 0 Å². The van der Waals surface area contributed by atoms with E-state index in [4.69, 9.17) is 11.5 Å². The van der Waals surface area contributed by atoms with E-state index in [-0.39, 0.29) is 0 Å². The van der Waals surface area contributed by atoms with Crippen molar-refractivity contribution in [3.05, 3.63) is 29.1 Å². The maximum Gasteiger partial charge on any atom is 0.0832 e. The molecule has 2 rings (SSSR count). The molecule has 0 bridgehead atoms. The molecule has 0 fully saturated rings. The van der Waals surface area contributed by atoms with Gasteiger partial charge >= 0.3 is 0 Å². The van der Waals surface area contributed by atoms with Crippen LogP contribution in [-0.4, -0.2) is 4.98 Å². The van der Waals surface area contributed by atoms with Crippen LogP contribution in [0, 0.1) is 0 Å². The van der Waals surface area contributed by atoms with Gasteiger partial charge in [0.2, 0.25) is 0 Å². The quantitative estimate of drug-likeness (QED) is 0.677. The van der Waals surface area contributed by atoms with E-state index in [1.165, 1.54) is 0 Å². The van der Waals surface area contributed by atoms with E-state index >= 15 is 0 Å². The van der Waals surface area contributed by atoms with Crippen molar-refractivity contribution in [2.75, 3.05) is 11.5 Å². The average molecular weight is 191 g/mol. The van der Waals surface area contributed by atoms with Gasteiger partial charge in [0, 0.05) is 10.9 Å². The molecule has 66 valence electrons. The second-order valence-corrected chi connectivity index (χ2v) is 3.40. The highest BCUT2D eigenvalue weighted by molar-refractivity contribution is 7.07. The van der Waals surface area contributed by atoms with E-state index in [1.54, 1.807) is 22.9 Å². The molecule has 0 amide bonds. The summed E-state index contributed by atoms with van der Waals surface area (Å²) in [6.07, 6.45) is 0. The Morgan fingerprint density at radius 1 is 1.23 bits per heavy atom. The van der Waals surface area contributed by atoms with Crippen molar-refractivity contribution >= 4 is 22.7 Å². The number of anilines is 2. The molecule has 0 spiro atoms. The number of hydrogen-bond acceptors (Lipinski definition) is 4. The first-order chi connectivity index (χ1) is 6.29. The fraction of sp³-hybridized carbons (Fsp3) is 0. The van der Waals surface area contributed by atoms with Gasteiger partial charge in [0.25, 0.3) is 0 Å². The Hall–Kier alpha value is -1.55. The van der Waals surface area contributed by atoms with Gasteiger partial charge in [-0.05, 0) is 6.07 Å². The standard InChI is InChI=1S/C9H9N3S/c10-7-3-1-2-6(9(7)11)8-4-13-5-12-8/h1-5H,10-11H2. The summed E-state index contributed by atoms with van der Waals surface area (Å²) in [6, 6.07) is 5.58. The fourth-order valence-electron chi connectivity index (χ4n) is 1.15. The van der Waals surface area contributed by atoms with E-state index in [0.717, 1.165) is 11.3 Å². The molecule has 0 aliphatic rings. The van der Waals surface area contributed by atoms with Crippen LogP contribution in [0.25, 0.3) is 11.3 Å². The van der Waals surface area contributed by atoms with Crippen LogP contribution >= 0.6 is 11.3 Å². The molecule has 0 saturated heterocycles. The summed E-state index contributed by atoms with van der Waals surface area (Å²) in [6.45, 7) is 0. The zero-order valence-electron chi connectivity index (χ0n) is 6.90. The lowest BCUT2D eigenvalue weighted by Crippen LogP contribution is -1.96. The van der Waals surface area contributed by atoms with Crippen LogP contribution < -0.4 is 11.5 Å². The van der Waals surface area contributed by atoms with Crippen molar-refractivity contribution in [3.8, 4) is 11.3 Å². The van der Waals surface area contributed by atoms with Crippen molar-refractivity contribution in [1.82, 2.24) is 4.98 Å². The van der Waals surface area contributed by atoms with Crippen molar-refractivity contribution in [2.45, 2.75) is 0 Å². The first-order valence-corrected chi connectivity index (χ1v) is 4.76. The molecule has 0 saturated carbocycles. The number of nitrogens with zero attached hydrogens (tertiary/aromatic N) is 1. The second kappa shape index (κ2) is 3.06. The normalized spacial score (nSPS) is 10.2. The Kier molecular flexibility index (Phi) is 1.90. The lowest BCUT2D eigenvalue weighted by atomic mass is 10.1. The third-order valence-electron chi connectivity index (χ3n) is 1.85. The van der Waals surface area contributed by atoms with Crippen LogP contribution in [0.5, 0.6) is 0 Å². The number of rotatable bonds is 1. The first kappa shape index (κ1) is 8.07. The topological polar surface area (TPSA) is 64.9 Å². The largest absolute Gasteiger partial charge is 0.397 e. The summed E-state index contributed by atoms with van der Waals surface area (Å²) in [5.74, 6) is 0. The first-order valence-electron chi connectivity index (χ1n) is 3.81. The lowest BCUT2D eigenvalue weighted by Gasteiger charge is -2.04. The second-order valence-electron chi connectivity index (χ2n) is 2.68. The summed E-state index contributed by atoms with van der Waals surface area (Å²) in [4.78, 5) is 4.17. The summed E-state index contributed by atoms with van der Waals surface area (Å²) in [5, 5.41) is 1.95. The van der Waals surface area contributed by atoms with Gasteiger partial charge < -0.3 is 11.5 Å². The zero-order valence-corrected chi connectivity index (χ0v) is 7.71. The molecular weight excluding hydrogens is 182 g/mol. The third kappa shape index (κ3) is 1.36. The number of aromatic nitrogens is 1. The van der Waals surface area contributed by atoms with Gasteiger partial charge in [-0.1, -0.05) is 12.1 Å². The number of thiazole rings is 1. The Morgan fingerprint density at radius 3 is 2.77 bits per heavy atom. The van der Waals surface area contributed by atoms with Gasteiger partial charge in [-0.15, -0.1) is 11.3 Å². The van der Waals surface area contributed by atoms with E-state index < -0.39 is 0 Å². The van der Waals surface area contributed by atoms with Gasteiger partial charge in [-0.3, -0.25) is 0 Å². The van der Waals surface area contributed by atoms with Crippen molar-refractivity contribution < 1.29 is 0 Å². The SMILES string of the molecule is Nc1cccc(-c2cscn2)c1N. The molecule has 1 aromatic carbocycles. The molecule has 4 N–H and O–H groups in total. The van der Waals surface area contributed by atoms with Crippen LogP contribution in [0.1, 0.15) is 0 Å². The highest BCUT2D eigenvalue weighted by Gasteiger charge is 2.05. The fourth-order valence-corrected chi connectivity index (χ4v) is 1.70. The summed E-state index contributed by atoms with van der Waals surface area (Å²) in [5.41, 5.74) is 16.3. The van der Waals surface area contributed by atoms with E-state index in [2.05, 4.69) is 4.98 Å². The highest BCUT2D eigenvalue weighted by Crippen LogP contribution is 2.29. The molecule has 0 aliphatic carbocycles. The number of para-hydroxylation sites is 1. The van der Waals surface area contributed by atoms with Crippen LogP contribution in [0.4, 0.5) is 11.4 Å². The maximum atomic E-state index is 5.81. The van der Waals surface area contributed by atoms with E-state index in [1.807, 2.05) is 17.5 Å². The Bertz CT molecular complexity index is 409. The van der Waals surface area contributed by atoms with Gasteiger partial charge in [0.05, 0.1) is 22.6 Å². The Morgan fingerprint density at radius 2 is 2.08 bits per heavy atom. The minimum atomic E-state index is 0.602. The van der Waals surface area contributed by atoms with Gasteiger partial charge in [-0.2, -0.15) is 0 Å². The molecule has 13 heavy (non-hydrogen) atoms. The summed E-state index contributed by atoms with van der Waals surface area (Å²) < 4.78 is 0. The third-order valence-corrected chi connectivity index (χ3v) is 2.43. The van der Waals surface area contributed by atoms with Crippen molar-refractivity contribution in [1.29, 1.82) is 0 Å². The van der Waals surface area contributed by atoms with Gasteiger partial charge in [-0.25, -0.2) is 4.98 Å². The van der Waals surface area contributed by atoms with Crippen LogP contribution in [0.15, 0.2) is 29.1 Å². The summed E-state index contributed by atoms with van der Waals surface area (Å²) >= 11 is 1.54. The minimum Gasteiger partial charge on any atom is -0.397 e. The maximum absolute atomic E-state index is 5.81. The number of hydrogen-bond donors (Lipinski definition) is 2. The zero-order chi connectivity index (χ0) is 9.26. The molecule has 1 aromatic heterocycles. The molecule has 0 atom stereocenters. The van der Waals surface area contributed by atoms with Crippen LogP contribution in [0.3, 0.4) is 0 Å². The van der Waals surface area contributed by atoms with E-state index in [0.29, 0.717) is 11.4 Å². The molecule has 0 aliphatic heterocycles. The molecule has 2 aromatic rings. The van der Waals surface area contributed by atoms with E-state index in [9.17, 15) is 0 Å². The Labute approximate surface area is 80.0 Å². The smallest absolute Gasteiger partial charge is 0.0832 e. The predicted molar refractivity (Wildman–Crippen MR) is 56.4 cm³/mol. The number of nitrogens with two attached hydrogens (primary N) is 2. The predicted octanol–water partition coefficient (Wildman–Crippen LogP) is 1.97. The lowest BCUT2D eigenvalue weighted by molar-refractivity contribution is 1.41. The Balaban J connectivity index is 2.59. The molecular formula is C9H9N3S. The monoisotopic (exact) mass is 191 g/mol. The highest BCUT2D eigenvalue weighted by atomic mass is 32.1. The molecule has 0 unspecified atom stereocenters. The van der Waals surface area contributed by atoms with Crippen molar-refractivity contribution in [3.63, 3.8) is 0 Å². The van der Waals surface area contributed by atoms with Gasteiger partial charge in [0.15, 0.2) is 0 Å². The number of nitrogen functional groups attached to an aromatic ring is 2. The minimum absolute atomic E-state index is 0.602. The van der Waals surface area contributed by atoms with Gasteiger partial charge in [0.1, 0.15) is 0 Å². The van der Waals surface area contributed by atoms with Crippen LogP contribution in [-0.2, 0) is 0 Å². The molecule has 3 nitrogen and oxygen atoms in total.